The van der Waals surface area contributed by atoms with Gasteiger partial charge in [0.25, 0.3) is 5.91 Å². The van der Waals surface area contributed by atoms with Crippen LogP contribution in [-0.4, -0.2) is 66.9 Å². The molecule has 1 aliphatic heterocycles. The molecule has 2 unspecified atom stereocenters. The summed E-state index contributed by atoms with van der Waals surface area (Å²) in [5, 5.41) is 7.56. The summed E-state index contributed by atoms with van der Waals surface area (Å²) in [5.74, 6) is -0.258. The first-order valence-electron chi connectivity index (χ1n) is 10.7. The summed E-state index contributed by atoms with van der Waals surface area (Å²) in [6, 6.07) is 9.93. The minimum atomic E-state index is -0.822. The summed E-state index contributed by atoms with van der Waals surface area (Å²) in [6.07, 6.45) is 3.55. The van der Waals surface area contributed by atoms with Crippen molar-refractivity contribution >= 4 is 40.6 Å². The lowest BCUT2D eigenvalue weighted by molar-refractivity contribution is -0.129. The smallest absolute Gasteiger partial charge is 0.271 e. The van der Waals surface area contributed by atoms with Gasteiger partial charge in [-0.15, -0.1) is 0 Å². The highest BCUT2D eigenvalue weighted by Gasteiger charge is 2.37. The molecule has 1 aromatic carbocycles. The lowest BCUT2D eigenvalue weighted by atomic mass is 9.87. The number of hydrogen-bond donors (Lipinski definition) is 2. The first kappa shape index (κ1) is 24.4. The van der Waals surface area contributed by atoms with Crippen LogP contribution in [0.3, 0.4) is 0 Å². The molecule has 0 spiro atoms. The highest BCUT2D eigenvalue weighted by molar-refractivity contribution is 7.80. The minimum absolute atomic E-state index is 0.0140. The highest BCUT2D eigenvalue weighted by atomic mass is 35.5. The molecule has 0 aromatic heterocycles. The van der Waals surface area contributed by atoms with Crippen LogP contribution in [0.25, 0.3) is 0 Å². The van der Waals surface area contributed by atoms with E-state index in [9.17, 15) is 4.79 Å². The molecule has 1 aliphatic carbocycles. The van der Waals surface area contributed by atoms with E-state index in [0.717, 1.165) is 28.5 Å². The Hall–Kier alpha value is -2.22. The van der Waals surface area contributed by atoms with Crippen molar-refractivity contribution in [1.29, 1.82) is 0 Å². The molecule has 2 atom stereocenters. The number of allylic oxidation sites excluding steroid dienone is 4. The van der Waals surface area contributed by atoms with Crippen LogP contribution in [0.4, 0.5) is 0 Å². The standard InChI is InChI=1S/C24H32ClN5OS/c1-24(2,15-29(3)4)14-26-23(32)28-21-22(31)30(5)19-12-11-17(25)13-18(19)20(27-21)16-9-7-6-8-10-16/h6-12,18,21H,13-15H2,1-5H3,(H2,26,28,32). The molecule has 0 fully saturated rings. The Morgan fingerprint density at radius 2 is 1.97 bits per heavy atom. The maximum Gasteiger partial charge on any atom is 0.271 e. The third-order valence-corrected chi connectivity index (χ3v) is 6.09. The average Bonchev–Trinajstić information content (AvgIpc) is 2.82. The zero-order valence-corrected chi connectivity index (χ0v) is 20.9. The third-order valence-electron chi connectivity index (χ3n) is 5.55. The summed E-state index contributed by atoms with van der Waals surface area (Å²) in [4.78, 5) is 22.0. The van der Waals surface area contributed by atoms with E-state index in [-0.39, 0.29) is 17.2 Å². The summed E-state index contributed by atoms with van der Waals surface area (Å²) in [7, 11) is 5.88. The van der Waals surface area contributed by atoms with Gasteiger partial charge in [0.2, 0.25) is 6.17 Å². The van der Waals surface area contributed by atoms with Gasteiger partial charge in [0.05, 0.1) is 5.71 Å². The number of rotatable bonds is 6. The van der Waals surface area contributed by atoms with Crippen molar-refractivity contribution in [2.24, 2.45) is 16.3 Å². The van der Waals surface area contributed by atoms with Crippen molar-refractivity contribution in [3.63, 3.8) is 0 Å². The van der Waals surface area contributed by atoms with Gasteiger partial charge in [-0.2, -0.15) is 0 Å². The summed E-state index contributed by atoms with van der Waals surface area (Å²) in [6.45, 7) is 5.93. The number of aliphatic imine (C=N–C) groups is 1. The fourth-order valence-corrected chi connectivity index (χ4v) is 4.62. The lowest BCUT2D eigenvalue weighted by Gasteiger charge is -2.30. The van der Waals surface area contributed by atoms with Gasteiger partial charge in [-0.25, -0.2) is 0 Å². The molecule has 1 heterocycles. The number of carbonyl (C=O) groups is 1. The predicted octanol–water partition coefficient (Wildman–Crippen LogP) is 3.35. The van der Waals surface area contributed by atoms with E-state index in [1.165, 1.54) is 0 Å². The fraction of sp³-hybridized carbons (Fsp3) is 0.458. The van der Waals surface area contributed by atoms with E-state index >= 15 is 0 Å². The first-order chi connectivity index (χ1) is 15.1. The third kappa shape index (κ3) is 5.97. The molecule has 3 rings (SSSR count). The molecule has 0 saturated carbocycles. The second-order valence-corrected chi connectivity index (χ2v) is 10.3. The van der Waals surface area contributed by atoms with Gasteiger partial charge in [-0.05, 0) is 55.9 Å². The Balaban J connectivity index is 1.86. The number of likely N-dealkylation sites (N-methyl/N-ethyl adjacent to an activating group) is 1. The Morgan fingerprint density at radius 1 is 1.28 bits per heavy atom. The topological polar surface area (TPSA) is 60.0 Å². The van der Waals surface area contributed by atoms with Gasteiger partial charge in [-0.1, -0.05) is 55.8 Å². The summed E-state index contributed by atoms with van der Waals surface area (Å²) in [5.41, 5.74) is 2.70. The maximum absolute atomic E-state index is 13.3. The summed E-state index contributed by atoms with van der Waals surface area (Å²) >= 11 is 11.9. The van der Waals surface area contributed by atoms with Crippen LogP contribution in [-0.2, 0) is 4.79 Å². The minimum Gasteiger partial charge on any atom is -0.362 e. The lowest BCUT2D eigenvalue weighted by Crippen LogP contribution is -2.50. The van der Waals surface area contributed by atoms with Crippen molar-refractivity contribution in [3.05, 3.63) is 58.8 Å². The van der Waals surface area contributed by atoms with Gasteiger partial charge in [-0.3, -0.25) is 9.79 Å². The van der Waals surface area contributed by atoms with E-state index in [0.29, 0.717) is 18.1 Å². The van der Waals surface area contributed by atoms with E-state index in [1.807, 2.05) is 56.6 Å². The number of fused-ring (bicyclic) bond motifs is 1. The second-order valence-electron chi connectivity index (χ2n) is 9.37. The largest absolute Gasteiger partial charge is 0.362 e. The van der Waals surface area contributed by atoms with Crippen LogP contribution >= 0.6 is 23.8 Å². The van der Waals surface area contributed by atoms with Crippen LogP contribution < -0.4 is 10.6 Å². The van der Waals surface area contributed by atoms with Gasteiger partial charge in [0.1, 0.15) is 0 Å². The fourth-order valence-electron chi connectivity index (χ4n) is 4.22. The van der Waals surface area contributed by atoms with Crippen molar-refractivity contribution in [2.75, 3.05) is 34.2 Å². The Bertz CT molecular complexity index is 954. The molecule has 8 heteroatoms. The van der Waals surface area contributed by atoms with Gasteiger partial charge < -0.3 is 20.4 Å². The van der Waals surface area contributed by atoms with Crippen molar-refractivity contribution < 1.29 is 4.79 Å². The van der Waals surface area contributed by atoms with Crippen molar-refractivity contribution in [1.82, 2.24) is 20.4 Å². The van der Waals surface area contributed by atoms with Crippen LogP contribution in [0.2, 0.25) is 0 Å². The van der Waals surface area contributed by atoms with Gasteiger partial charge >= 0.3 is 0 Å². The number of hydrogen-bond acceptors (Lipinski definition) is 4. The Labute approximate surface area is 201 Å². The Kier molecular flexibility index (Phi) is 7.75. The van der Waals surface area contributed by atoms with Crippen LogP contribution in [0.1, 0.15) is 25.8 Å². The molecular formula is C24H32ClN5OS. The molecule has 2 aliphatic rings. The van der Waals surface area contributed by atoms with E-state index in [2.05, 4.69) is 29.4 Å². The average molecular weight is 474 g/mol. The molecule has 0 saturated heterocycles. The number of benzene rings is 1. The molecule has 32 heavy (non-hydrogen) atoms. The number of halogens is 1. The number of amides is 1. The SMILES string of the molecule is CN(C)CC(C)(C)CNC(=S)NC1N=C(c2ccccc2)C2CC(Cl)=CC=C2N(C)C1=O. The number of carbonyl (C=O) groups excluding carboxylic acids is 1. The van der Waals surface area contributed by atoms with E-state index < -0.39 is 6.17 Å². The van der Waals surface area contributed by atoms with Gasteiger partial charge in [0, 0.05) is 36.8 Å². The normalized spacial score (nSPS) is 21.3. The monoisotopic (exact) mass is 473 g/mol. The predicted molar refractivity (Wildman–Crippen MR) is 136 cm³/mol. The molecule has 0 radical (unpaired) electrons. The van der Waals surface area contributed by atoms with Gasteiger partial charge in [0.15, 0.2) is 5.11 Å². The molecular weight excluding hydrogens is 442 g/mol. The second kappa shape index (κ2) is 10.1. The van der Waals surface area contributed by atoms with Crippen LogP contribution in [0.15, 0.2) is 58.2 Å². The van der Waals surface area contributed by atoms with Crippen molar-refractivity contribution in [2.45, 2.75) is 26.4 Å². The zero-order chi connectivity index (χ0) is 23.5. The van der Waals surface area contributed by atoms with E-state index in [1.54, 1.807) is 11.9 Å². The molecule has 6 nitrogen and oxygen atoms in total. The number of thiocarbonyl (C=S) groups is 1. The first-order valence-corrected chi connectivity index (χ1v) is 11.5. The molecule has 0 bridgehead atoms. The Morgan fingerprint density at radius 3 is 2.62 bits per heavy atom. The molecule has 1 aromatic rings. The highest BCUT2D eigenvalue weighted by Crippen LogP contribution is 2.34. The van der Waals surface area contributed by atoms with E-state index in [4.69, 9.17) is 28.8 Å². The zero-order valence-electron chi connectivity index (χ0n) is 19.4. The van der Waals surface area contributed by atoms with Crippen LogP contribution in [0, 0.1) is 11.3 Å². The van der Waals surface area contributed by atoms with Crippen molar-refractivity contribution in [3.8, 4) is 0 Å². The number of nitrogens with zero attached hydrogens (tertiary/aromatic N) is 3. The molecule has 2 N–H and O–H groups in total. The quantitative estimate of drug-likeness (QED) is 0.620. The molecule has 172 valence electrons. The summed E-state index contributed by atoms with van der Waals surface area (Å²) < 4.78 is 0. The van der Waals surface area contributed by atoms with Crippen LogP contribution in [0.5, 0.6) is 0 Å². The number of nitrogens with one attached hydrogen (secondary N) is 2. The molecule has 1 amide bonds. The maximum atomic E-state index is 13.3.